The summed E-state index contributed by atoms with van der Waals surface area (Å²) in [7, 11) is 0. The number of hydrogen-bond acceptors (Lipinski definition) is 4. The molecule has 0 saturated heterocycles. The molecule has 7 heteroatoms. The van der Waals surface area contributed by atoms with E-state index in [4.69, 9.17) is 21.1 Å². The normalized spacial score (nSPS) is 15.5. The van der Waals surface area contributed by atoms with Crippen LogP contribution in [0.5, 0.6) is 5.75 Å². The van der Waals surface area contributed by atoms with Crippen LogP contribution in [0.3, 0.4) is 0 Å². The maximum atomic E-state index is 15.5. The standard InChI is InChI=1S/C33H37ClFNO4/c1-17-10-11-21(34)13-27(17)36-15-24-19(3)28(23-14-26(35)30-22(18(23)2)9-8-12-39-30)29(20(4)25(24)16-36)31(32(37)38)40-33(5,6)7/h10-11,13-14,31H,8-9,12,15-16H2,1-7H3,(H,37,38)/t31-/m0/s1. The van der Waals surface area contributed by atoms with Crippen LogP contribution >= 0.6 is 11.6 Å². The lowest BCUT2D eigenvalue weighted by Gasteiger charge is -2.31. The number of ether oxygens (including phenoxy) is 2. The molecule has 0 fully saturated rings. The molecular weight excluding hydrogens is 529 g/mol. The molecule has 5 rings (SSSR count). The van der Waals surface area contributed by atoms with Crippen molar-refractivity contribution in [3.63, 3.8) is 0 Å². The summed E-state index contributed by atoms with van der Waals surface area (Å²) in [5, 5.41) is 11.2. The summed E-state index contributed by atoms with van der Waals surface area (Å²) in [5.74, 6) is -1.18. The molecule has 0 unspecified atom stereocenters. The molecule has 3 aromatic rings. The van der Waals surface area contributed by atoms with Crippen molar-refractivity contribution < 1.29 is 23.8 Å². The van der Waals surface area contributed by atoms with Crippen molar-refractivity contribution in [2.24, 2.45) is 0 Å². The van der Waals surface area contributed by atoms with E-state index in [0.717, 1.165) is 56.6 Å². The van der Waals surface area contributed by atoms with E-state index in [2.05, 4.69) is 11.8 Å². The number of aryl methyl sites for hydroxylation is 1. The summed E-state index contributed by atoms with van der Waals surface area (Å²) < 4.78 is 27.5. The SMILES string of the molecule is Cc1ccc(Cl)cc1N1Cc2c(C)c(-c3cc(F)c4c(c3C)CCCO4)c([C@H](OC(C)(C)C)C(=O)O)c(C)c2C1. The third kappa shape index (κ3) is 4.97. The number of benzene rings is 3. The number of halogens is 2. The molecule has 0 bridgehead atoms. The lowest BCUT2D eigenvalue weighted by atomic mass is 9.81. The van der Waals surface area contributed by atoms with Gasteiger partial charge in [-0.2, -0.15) is 0 Å². The Hall–Kier alpha value is -3.09. The summed E-state index contributed by atoms with van der Waals surface area (Å²) in [6, 6.07) is 7.38. The fourth-order valence-corrected chi connectivity index (χ4v) is 6.46. The number of carbonyl (C=O) groups is 1. The van der Waals surface area contributed by atoms with E-state index in [1.165, 1.54) is 6.07 Å². The Labute approximate surface area is 240 Å². The van der Waals surface area contributed by atoms with Gasteiger partial charge in [-0.1, -0.05) is 17.7 Å². The lowest BCUT2D eigenvalue weighted by Crippen LogP contribution is -2.29. The summed E-state index contributed by atoms with van der Waals surface area (Å²) in [6.45, 7) is 15.3. The van der Waals surface area contributed by atoms with Gasteiger partial charge in [-0.3, -0.25) is 0 Å². The number of nitrogens with zero attached hydrogens (tertiary/aromatic N) is 1. The Morgan fingerprint density at radius 3 is 2.38 bits per heavy atom. The van der Waals surface area contributed by atoms with Gasteiger partial charge in [0.25, 0.3) is 0 Å². The maximum absolute atomic E-state index is 15.5. The first-order valence-electron chi connectivity index (χ1n) is 13.8. The van der Waals surface area contributed by atoms with E-state index in [1.54, 1.807) is 0 Å². The molecule has 0 radical (unpaired) electrons. The second-order valence-electron chi connectivity index (χ2n) is 12.0. The third-order valence-electron chi connectivity index (χ3n) is 8.19. The van der Waals surface area contributed by atoms with Crippen LogP contribution in [0.25, 0.3) is 11.1 Å². The highest BCUT2D eigenvalue weighted by atomic mass is 35.5. The first-order chi connectivity index (χ1) is 18.8. The Balaban J connectivity index is 1.79. The molecule has 5 nitrogen and oxygen atoms in total. The van der Waals surface area contributed by atoms with Gasteiger partial charge in [-0.05, 0) is 124 Å². The van der Waals surface area contributed by atoms with Crippen molar-refractivity contribution in [3.8, 4) is 16.9 Å². The number of carboxylic acids is 1. The minimum atomic E-state index is -1.23. The Morgan fingerprint density at radius 2 is 1.73 bits per heavy atom. The minimum Gasteiger partial charge on any atom is -0.490 e. The first kappa shape index (κ1) is 28.4. The molecule has 212 valence electrons. The third-order valence-corrected chi connectivity index (χ3v) is 8.43. The highest BCUT2D eigenvalue weighted by Gasteiger charge is 2.37. The van der Waals surface area contributed by atoms with Gasteiger partial charge in [0.2, 0.25) is 0 Å². The topological polar surface area (TPSA) is 59.0 Å². The number of fused-ring (bicyclic) bond motifs is 2. The molecule has 0 amide bonds. The second kappa shape index (κ2) is 10.4. The average Bonchev–Trinajstić information content (AvgIpc) is 3.34. The predicted octanol–water partition coefficient (Wildman–Crippen LogP) is 8.17. The number of aliphatic carboxylic acids is 1. The van der Waals surface area contributed by atoms with Gasteiger partial charge < -0.3 is 19.5 Å². The van der Waals surface area contributed by atoms with Crippen LogP contribution in [0.2, 0.25) is 5.02 Å². The van der Waals surface area contributed by atoms with Gasteiger partial charge in [0.15, 0.2) is 17.7 Å². The first-order valence-corrected chi connectivity index (χ1v) is 14.2. The summed E-state index contributed by atoms with van der Waals surface area (Å²) >= 11 is 6.37. The van der Waals surface area contributed by atoms with Crippen LogP contribution < -0.4 is 9.64 Å². The monoisotopic (exact) mass is 565 g/mol. The zero-order valence-corrected chi connectivity index (χ0v) is 25.1. The van der Waals surface area contributed by atoms with Crippen LogP contribution in [0.15, 0.2) is 24.3 Å². The van der Waals surface area contributed by atoms with Gasteiger partial charge in [0.1, 0.15) is 0 Å². The van der Waals surface area contributed by atoms with Crippen molar-refractivity contribution in [2.75, 3.05) is 11.5 Å². The van der Waals surface area contributed by atoms with Crippen molar-refractivity contribution in [1.82, 2.24) is 0 Å². The summed E-state index contributed by atoms with van der Waals surface area (Å²) in [6.07, 6.45) is 0.299. The number of anilines is 1. The van der Waals surface area contributed by atoms with E-state index in [1.807, 2.05) is 59.7 Å². The zero-order chi connectivity index (χ0) is 29.1. The second-order valence-corrected chi connectivity index (χ2v) is 12.5. The van der Waals surface area contributed by atoms with Gasteiger partial charge >= 0.3 is 5.97 Å². The van der Waals surface area contributed by atoms with Crippen molar-refractivity contribution in [2.45, 2.75) is 86.1 Å². The van der Waals surface area contributed by atoms with Crippen molar-refractivity contribution in [1.29, 1.82) is 0 Å². The Kier molecular flexibility index (Phi) is 7.38. The van der Waals surface area contributed by atoms with Crippen LogP contribution in [0.4, 0.5) is 10.1 Å². The zero-order valence-electron chi connectivity index (χ0n) is 24.3. The fraction of sp³-hybridized carbons (Fsp3) is 0.424. The van der Waals surface area contributed by atoms with Gasteiger partial charge in [-0.25, -0.2) is 9.18 Å². The number of rotatable bonds is 5. The van der Waals surface area contributed by atoms with Gasteiger partial charge in [-0.15, -0.1) is 0 Å². The van der Waals surface area contributed by atoms with E-state index < -0.39 is 23.5 Å². The molecule has 0 aromatic heterocycles. The van der Waals surface area contributed by atoms with E-state index >= 15 is 4.39 Å². The van der Waals surface area contributed by atoms with Crippen molar-refractivity contribution in [3.05, 3.63) is 79.6 Å². The van der Waals surface area contributed by atoms with E-state index in [0.29, 0.717) is 48.0 Å². The molecule has 0 saturated carbocycles. The van der Waals surface area contributed by atoms with Crippen molar-refractivity contribution >= 4 is 23.3 Å². The van der Waals surface area contributed by atoms with Gasteiger partial charge in [0.05, 0.1) is 12.2 Å². The quantitative estimate of drug-likeness (QED) is 0.338. The molecule has 2 aliphatic heterocycles. The highest BCUT2D eigenvalue weighted by molar-refractivity contribution is 6.30. The van der Waals surface area contributed by atoms with Crippen LogP contribution in [0, 0.1) is 33.5 Å². The number of carboxylic acid groups (broad SMARTS) is 1. The molecule has 2 heterocycles. The average molecular weight is 566 g/mol. The largest absolute Gasteiger partial charge is 0.490 e. The van der Waals surface area contributed by atoms with Crippen LogP contribution in [-0.4, -0.2) is 23.3 Å². The number of hydrogen-bond donors (Lipinski definition) is 1. The summed E-state index contributed by atoms with van der Waals surface area (Å²) in [5.41, 5.74) is 9.25. The molecule has 1 atom stereocenters. The van der Waals surface area contributed by atoms with Crippen LogP contribution in [-0.2, 0) is 29.0 Å². The molecule has 2 aliphatic rings. The molecule has 1 N–H and O–H groups in total. The van der Waals surface area contributed by atoms with E-state index in [-0.39, 0.29) is 0 Å². The Bertz CT molecular complexity index is 1520. The van der Waals surface area contributed by atoms with Gasteiger partial charge in [0, 0.05) is 34.9 Å². The molecule has 3 aromatic carbocycles. The minimum absolute atomic E-state index is 0.313. The predicted molar refractivity (Wildman–Crippen MR) is 157 cm³/mol. The smallest absolute Gasteiger partial charge is 0.337 e. The van der Waals surface area contributed by atoms with E-state index in [9.17, 15) is 9.90 Å². The summed E-state index contributed by atoms with van der Waals surface area (Å²) in [4.78, 5) is 15.1. The highest BCUT2D eigenvalue weighted by Crippen LogP contribution is 2.47. The molecular formula is C33H37ClFNO4. The molecule has 0 spiro atoms. The van der Waals surface area contributed by atoms with Crippen LogP contribution in [0.1, 0.15) is 77.8 Å². The molecule has 0 aliphatic carbocycles. The fourth-order valence-electron chi connectivity index (χ4n) is 6.29. The maximum Gasteiger partial charge on any atom is 0.337 e. The molecule has 40 heavy (non-hydrogen) atoms. The lowest BCUT2D eigenvalue weighted by molar-refractivity contribution is -0.160. The Morgan fingerprint density at radius 1 is 1.05 bits per heavy atom.